The van der Waals surface area contributed by atoms with Gasteiger partial charge in [-0.05, 0) is 53.5 Å². The fourth-order valence-corrected chi connectivity index (χ4v) is 1.96. The van der Waals surface area contributed by atoms with Crippen molar-refractivity contribution >= 4 is 27.5 Å². The topological polar surface area (TPSA) is 24.1 Å². The van der Waals surface area contributed by atoms with E-state index in [0.717, 1.165) is 29.1 Å². The van der Waals surface area contributed by atoms with Crippen LogP contribution < -0.4 is 10.6 Å². The summed E-state index contributed by atoms with van der Waals surface area (Å²) in [6, 6.07) is 6.52. The predicted octanol–water partition coefficient (Wildman–Crippen LogP) is 3.58. The summed E-state index contributed by atoms with van der Waals surface area (Å²) in [6.45, 7) is 7.29. The summed E-state index contributed by atoms with van der Waals surface area (Å²) < 4.78 is 0.945. The molecular formula is C13H20BrClN2. The number of benzene rings is 1. The average molecular weight is 320 g/mol. The number of nitrogens with one attached hydrogen (secondary N) is 2. The molecule has 0 aliphatic rings. The quantitative estimate of drug-likeness (QED) is 0.751. The third-order valence-corrected chi connectivity index (χ3v) is 3.75. The highest BCUT2D eigenvalue weighted by Gasteiger charge is 2.02. The van der Waals surface area contributed by atoms with E-state index in [1.165, 1.54) is 12.0 Å². The van der Waals surface area contributed by atoms with Crippen molar-refractivity contribution in [1.29, 1.82) is 0 Å². The molecule has 1 unspecified atom stereocenters. The first-order valence-electron chi connectivity index (χ1n) is 6.01. The third-order valence-electron chi connectivity index (χ3n) is 2.52. The monoisotopic (exact) mass is 318 g/mol. The van der Waals surface area contributed by atoms with Gasteiger partial charge >= 0.3 is 0 Å². The van der Waals surface area contributed by atoms with Gasteiger partial charge in [0.25, 0.3) is 0 Å². The smallest absolute Gasteiger partial charge is 0.0551 e. The van der Waals surface area contributed by atoms with E-state index in [9.17, 15) is 0 Å². The standard InChI is InChI=1S/C13H20BrClN2/c1-3-6-16-8-10(2)17-9-11-4-5-12(14)13(15)7-11/h4-5,7,10,16-17H,3,6,8-9H2,1-2H3. The van der Waals surface area contributed by atoms with Gasteiger partial charge in [0.05, 0.1) is 5.02 Å². The fourth-order valence-electron chi connectivity index (χ4n) is 1.51. The minimum absolute atomic E-state index is 0.462. The van der Waals surface area contributed by atoms with Crippen molar-refractivity contribution in [3.63, 3.8) is 0 Å². The Morgan fingerprint density at radius 1 is 1.41 bits per heavy atom. The Bertz CT molecular complexity index is 344. The van der Waals surface area contributed by atoms with Crippen LogP contribution >= 0.6 is 27.5 Å². The van der Waals surface area contributed by atoms with E-state index >= 15 is 0 Å². The first-order chi connectivity index (χ1) is 8.13. The highest BCUT2D eigenvalue weighted by atomic mass is 79.9. The highest BCUT2D eigenvalue weighted by molar-refractivity contribution is 9.10. The maximum Gasteiger partial charge on any atom is 0.0551 e. The van der Waals surface area contributed by atoms with Crippen LogP contribution in [0.25, 0.3) is 0 Å². The first kappa shape index (κ1) is 15.0. The van der Waals surface area contributed by atoms with Crippen molar-refractivity contribution in [3.05, 3.63) is 33.3 Å². The molecule has 1 atom stereocenters. The Hall–Kier alpha value is -0.0900. The SMILES string of the molecule is CCCNCC(C)NCc1ccc(Br)c(Cl)c1. The lowest BCUT2D eigenvalue weighted by molar-refractivity contribution is 0.501. The number of rotatable bonds is 7. The van der Waals surface area contributed by atoms with Crippen LogP contribution in [0.2, 0.25) is 5.02 Å². The molecule has 0 aliphatic carbocycles. The molecule has 4 heteroatoms. The zero-order chi connectivity index (χ0) is 12.7. The summed E-state index contributed by atoms with van der Waals surface area (Å²) in [7, 11) is 0. The minimum Gasteiger partial charge on any atom is -0.315 e. The predicted molar refractivity (Wildman–Crippen MR) is 78.6 cm³/mol. The maximum atomic E-state index is 6.04. The molecule has 96 valence electrons. The van der Waals surface area contributed by atoms with Gasteiger partial charge in [-0.2, -0.15) is 0 Å². The Morgan fingerprint density at radius 3 is 2.82 bits per heavy atom. The van der Waals surface area contributed by atoms with Crippen LogP contribution in [0.15, 0.2) is 22.7 Å². The number of hydrogen-bond donors (Lipinski definition) is 2. The molecule has 1 rings (SSSR count). The van der Waals surface area contributed by atoms with Crippen LogP contribution in [0, 0.1) is 0 Å². The second-order valence-corrected chi connectivity index (χ2v) is 5.50. The molecule has 0 fully saturated rings. The molecule has 2 nitrogen and oxygen atoms in total. The van der Waals surface area contributed by atoms with E-state index in [1.807, 2.05) is 12.1 Å². The van der Waals surface area contributed by atoms with Crippen LogP contribution in [0.4, 0.5) is 0 Å². The summed E-state index contributed by atoms with van der Waals surface area (Å²) in [6.07, 6.45) is 1.18. The van der Waals surface area contributed by atoms with E-state index in [0.29, 0.717) is 6.04 Å². The Labute approximate surface area is 117 Å². The fraction of sp³-hybridized carbons (Fsp3) is 0.538. The summed E-state index contributed by atoms with van der Waals surface area (Å²) in [4.78, 5) is 0. The van der Waals surface area contributed by atoms with Gasteiger partial charge in [-0.1, -0.05) is 24.6 Å². The lowest BCUT2D eigenvalue weighted by atomic mass is 10.2. The minimum atomic E-state index is 0.462. The summed E-state index contributed by atoms with van der Waals surface area (Å²) in [5.74, 6) is 0. The van der Waals surface area contributed by atoms with Crippen molar-refractivity contribution < 1.29 is 0 Å². The van der Waals surface area contributed by atoms with Crippen LogP contribution in [0.5, 0.6) is 0 Å². The molecule has 17 heavy (non-hydrogen) atoms. The molecule has 1 aromatic rings. The number of halogens is 2. The zero-order valence-corrected chi connectivity index (χ0v) is 12.7. The average Bonchev–Trinajstić information content (AvgIpc) is 2.31. The van der Waals surface area contributed by atoms with Gasteiger partial charge in [0.1, 0.15) is 0 Å². The Morgan fingerprint density at radius 2 is 2.18 bits per heavy atom. The normalized spacial score (nSPS) is 12.7. The number of hydrogen-bond acceptors (Lipinski definition) is 2. The molecule has 0 aromatic heterocycles. The van der Waals surface area contributed by atoms with Gasteiger partial charge in [0, 0.05) is 23.6 Å². The molecule has 0 amide bonds. The van der Waals surface area contributed by atoms with Gasteiger partial charge < -0.3 is 10.6 Å². The van der Waals surface area contributed by atoms with Crippen molar-refractivity contribution in [2.45, 2.75) is 32.9 Å². The molecule has 0 aliphatic heterocycles. The molecule has 0 saturated carbocycles. The molecule has 0 saturated heterocycles. The molecule has 0 spiro atoms. The molecule has 0 heterocycles. The van der Waals surface area contributed by atoms with E-state index < -0.39 is 0 Å². The molecule has 0 bridgehead atoms. The summed E-state index contributed by atoms with van der Waals surface area (Å²) in [5.41, 5.74) is 1.21. The van der Waals surface area contributed by atoms with Crippen LogP contribution in [-0.2, 0) is 6.54 Å². The highest BCUT2D eigenvalue weighted by Crippen LogP contribution is 2.23. The van der Waals surface area contributed by atoms with Crippen molar-refractivity contribution in [3.8, 4) is 0 Å². The Kier molecular flexibility index (Phi) is 7.12. The van der Waals surface area contributed by atoms with E-state index in [-0.39, 0.29) is 0 Å². The van der Waals surface area contributed by atoms with E-state index in [2.05, 4.69) is 46.5 Å². The van der Waals surface area contributed by atoms with Gasteiger partial charge in [-0.15, -0.1) is 0 Å². The molecule has 1 aromatic carbocycles. The molecule has 2 N–H and O–H groups in total. The van der Waals surface area contributed by atoms with E-state index in [1.54, 1.807) is 0 Å². The van der Waals surface area contributed by atoms with Crippen LogP contribution in [0.3, 0.4) is 0 Å². The van der Waals surface area contributed by atoms with Gasteiger partial charge in [0.2, 0.25) is 0 Å². The summed E-state index contributed by atoms with van der Waals surface area (Å²) >= 11 is 9.43. The lowest BCUT2D eigenvalue weighted by Crippen LogP contribution is -2.36. The maximum absolute atomic E-state index is 6.04. The zero-order valence-electron chi connectivity index (χ0n) is 10.4. The van der Waals surface area contributed by atoms with Gasteiger partial charge in [-0.3, -0.25) is 0 Å². The van der Waals surface area contributed by atoms with Crippen molar-refractivity contribution in [2.75, 3.05) is 13.1 Å². The first-order valence-corrected chi connectivity index (χ1v) is 7.18. The van der Waals surface area contributed by atoms with Gasteiger partial charge in [0.15, 0.2) is 0 Å². The molecular weight excluding hydrogens is 300 g/mol. The van der Waals surface area contributed by atoms with Crippen LogP contribution in [0.1, 0.15) is 25.8 Å². The third kappa shape index (κ3) is 5.87. The second kappa shape index (κ2) is 8.09. The Balaban J connectivity index is 2.31. The lowest BCUT2D eigenvalue weighted by Gasteiger charge is -2.14. The second-order valence-electron chi connectivity index (χ2n) is 4.23. The van der Waals surface area contributed by atoms with Crippen molar-refractivity contribution in [1.82, 2.24) is 10.6 Å². The van der Waals surface area contributed by atoms with Crippen LogP contribution in [-0.4, -0.2) is 19.1 Å². The summed E-state index contributed by atoms with van der Waals surface area (Å²) in [5, 5.41) is 7.63. The molecule has 0 radical (unpaired) electrons. The van der Waals surface area contributed by atoms with Crippen molar-refractivity contribution in [2.24, 2.45) is 0 Å². The largest absolute Gasteiger partial charge is 0.315 e. The van der Waals surface area contributed by atoms with E-state index in [4.69, 9.17) is 11.6 Å². The van der Waals surface area contributed by atoms with Gasteiger partial charge in [-0.25, -0.2) is 0 Å².